The molecule has 0 saturated heterocycles. The Morgan fingerprint density at radius 2 is 1.86 bits per heavy atom. The third-order valence-electron chi connectivity index (χ3n) is 0.465. The van der Waals surface area contributed by atoms with Crippen molar-refractivity contribution < 1.29 is 0 Å². The van der Waals surface area contributed by atoms with Gasteiger partial charge in [0.25, 0.3) is 0 Å². The van der Waals surface area contributed by atoms with E-state index in [-0.39, 0.29) is 0 Å². The molecule has 0 aliphatic carbocycles. The molecule has 1 aromatic rings. The molecule has 7 heavy (non-hydrogen) atoms. The van der Waals surface area contributed by atoms with Gasteiger partial charge < -0.3 is 0 Å². The maximum Gasteiger partial charge on any atom is 0.0663 e. The van der Waals surface area contributed by atoms with Crippen LogP contribution in [0.2, 0.25) is 0 Å². The highest BCUT2D eigenvalue weighted by Crippen LogP contribution is 1.93. The average molecular weight is 207 g/mol. The van der Waals surface area contributed by atoms with Crippen molar-refractivity contribution in [2.24, 2.45) is 0 Å². The zero-order valence-corrected chi connectivity index (χ0v) is 5.53. The largest absolute Gasteiger partial charge is 0.138 e. The van der Waals surface area contributed by atoms with Crippen molar-refractivity contribution in [3.05, 3.63) is 16.0 Å². The van der Waals surface area contributed by atoms with Crippen molar-refractivity contribution in [2.45, 2.75) is 0 Å². The minimum Gasteiger partial charge on any atom is -0.138 e. The normalized spacial score (nSPS) is 8.71. The number of hydrogen-bond donors (Lipinski definition) is 0. The minimum absolute atomic E-state index is 1.01. The number of aromatic nitrogens is 3. The van der Waals surface area contributed by atoms with E-state index < -0.39 is 0 Å². The molecule has 4 heteroatoms. The number of hydrogen-bond acceptors (Lipinski definition) is 3. The van der Waals surface area contributed by atoms with Crippen LogP contribution in [0.1, 0.15) is 0 Å². The number of halogens is 1. The van der Waals surface area contributed by atoms with Crippen LogP contribution in [-0.4, -0.2) is 15.4 Å². The first-order valence-corrected chi connectivity index (χ1v) is 2.76. The number of nitrogens with zero attached hydrogens (tertiary/aromatic N) is 3. The third kappa shape index (κ3) is 1.34. The van der Waals surface area contributed by atoms with Gasteiger partial charge in [-0.1, -0.05) is 0 Å². The Morgan fingerprint density at radius 1 is 1.29 bits per heavy atom. The van der Waals surface area contributed by atoms with E-state index in [9.17, 15) is 0 Å². The first-order chi connectivity index (χ1) is 3.39. The van der Waals surface area contributed by atoms with E-state index in [0.29, 0.717) is 0 Å². The summed E-state index contributed by atoms with van der Waals surface area (Å²) in [5.74, 6) is 0. The molecule has 0 aromatic carbocycles. The lowest BCUT2D eigenvalue weighted by Crippen LogP contribution is -1.83. The van der Waals surface area contributed by atoms with E-state index in [1.807, 2.05) is 0 Å². The quantitative estimate of drug-likeness (QED) is 0.580. The maximum absolute atomic E-state index is 3.52. The molecule has 0 unspecified atom stereocenters. The molecule has 0 spiro atoms. The predicted molar refractivity (Wildman–Crippen MR) is 32.5 cm³/mol. The first-order valence-electron chi connectivity index (χ1n) is 1.68. The molecule has 0 atom stereocenters. The van der Waals surface area contributed by atoms with Gasteiger partial charge in [0.15, 0.2) is 0 Å². The molecule has 0 fully saturated rings. The molecule has 0 N–H and O–H groups in total. The molecule has 0 amide bonds. The number of rotatable bonds is 0. The van der Waals surface area contributed by atoms with E-state index in [1.165, 1.54) is 0 Å². The average Bonchev–Trinajstić information content (AvgIpc) is 1.69. The molecule has 0 radical (unpaired) electrons. The second kappa shape index (κ2) is 2.15. The Kier molecular flexibility index (Phi) is 1.50. The summed E-state index contributed by atoms with van der Waals surface area (Å²) >= 11 is 2.11. The zero-order chi connectivity index (χ0) is 5.11. The fraction of sp³-hybridized carbons (Fsp3) is 0. The van der Waals surface area contributed by atoms with Crippen LogP contribution in [0.15, 0.2) is 12.4 Å². The van der Waals surface area contributed by atoms with Crippen LogP contribution in [0.25, 0.3) is 0 Å². The fourth-order valence-corrected chi connectivity index (χ4v) is 0.474. The molecule has 0 bridgehead atoms. The zero-order valence-electron chi connectivity index (χ0n) is 3.37. The van der Waals surface area contributed by atoms with Gasteiger partial charge in [-0.3, -0.25) is 0 Å². The van der Waals surface area contributed by atoms with Crippen LogP contribution in [-0.2, 0) is 0 Å². The van der Waals surface area contributed by atoms with Gasteiger partial charge in [-0.25, -0.2) is 0 Å². The van der Waals surface area contributed by atoms with Crippen LogP contribution >= 0.6 is 22.6 Å². The van der Waals surface area contributed by atoms with Crippen molar-refractivity contribution in [3.63, 3.8) is 0 Å². The summed E-state index contributed by atoms with van der Waals surface area (Å²) < 4.78 is 1.01. The van der Waals surface area contributed by atoms with Crippen molar-refractivity contribution in [1.29, 1.82) is 0 Å². The lowest BCUT2D eigenvalue weighted by atomic mass is 10.7. The van der Waals surface area contributed by atoms with E-state index >= 15 is 0 Å². The Hall–Kier alpha value is -0.260. The van der Waals surface area contributed by atoms with Crippen LogP contribution < -0.4 is 0 Å². The summed E-state index contributed by atoms with van der Waals surface area (Å²) in [6.45, 7) is 0. The van der Waals surface area contributed by atoms with E-state index in [2.05, 4.69) is 38.0 Å². The highest BCUT2D eigenvalue weighted by molar-refractivity contribution is 14.1. The molecule has 36 valence electrons. The van der Waals surface area contributed by atoms with Gasteiger partial charge in [0.1, 0.15) is 0 Å². The summed E-state index contributed by atoms with van der Waals surface area (Å²) in [5.41, 5.74) is 0. The van der Waals surface area contributed by atoms with E-state index in [1.54, 1.807) is 12.4 Å². The molecule has 0 aliphatic heterocycles. The van der Waals surface area contributed by atoms with E-state index in [0.717, 1.165) is 3.57 Å². The van der Waals surface area contributed by atoms with Crippen molar-refractivity contribution in [2.75, 3.05) is 0 Å². The van der Waals surface area contributed by atoms with Gasteiger partial charge in [-0.15, -0.1) is 10.2 Å². The maximum atomic E-state index is 3.52. The predicted octanol–water partition coefficient (Wildman–Crippen LogP) is 0.476. The Bertz CT molecular complexity index is 140. The van der Waals surface area contributed by atoms with Gasteiger partial charge in [0, 0.05) is 0 Å². The second-order valence-corrected chi connectivity index (χ2v) is 2.21. The fourth-order valence-electron chi connectivity index (χ4n) is 0.225. The molecule has 3 nitrogen and oxygen atoms in total. The van der Waals surface area contributed by atoms with E-state index in [4.69, 9.17) is 0 Å². The van der Waals surface area contributed by atoms with Crippen LogP contribution in [0.3, 0.4) is 0 Å². The van der Waals surface area contributed by atoms with Crippen molar-refractivity contribution >= 4 is 22.6 Å². The van der Waals surface area contributed by atoms with Crippen LogP contribution in [0.5, 0.6) is 0 Å². The lowest BCUT2D eigenvalue weighted by Gasteiger charge is -1.77. The summed E-state index contributed by atoms with van der Waals surface area (Å²) in [4.78, 5) is 0. The van der Waals surface area contributed by atoms with Crippen molar-refractivity contribution in [3.8, 4) is 0 Å². The standard InChI is InChI=1S/C3H2IN3/c4-3-1-5-7-6-2-3/h1-2H. The Labute approximate surface area is 54.3 Å². The Morgan fingerprint density at radius 3 is 2.14 bits per heavy atom. The molecular formula is C3H2IN3. The second-order valence-electron chi connectivity index (χ2n) is 0.963. The topological polar surface area (TPSA) is 38.7 Å². The molecule has 1 heterocycles. The summed E-state index contributed by atoms with van der Waals surface area (Å²) in [6.07, 6.45) is 3.29. The van der Waals surface area contributed by atoms with Gasteiger partial charge in [0.05, 0.1) is 16.0 Å². The highest BCUT2D eigenvalue weighted by atomic mass is 127. The first kappa shape index (κ1) is 4.89. The highest BCUT2D eigenvalue weighted by Gasteiger charge is 1.78. The third-order valence-corrected chi connectivity index (χ3v) is 1.02. The monoisotopic (exact) mass is 207 g/mol. The van der Waals surface area contributed by atoms with Gasteiger partial charge in [-0.2, -0.15) is 0 Å². The van der Waals surface area contributed by atoms with Crippen LogP contribution in [0.4, 0.5) is 0 Å². The molecule has 0 aliphatic rings. The smallest absolute Gasteiger partial charge is 0.0663 e. The summed E-state index contributed by atoms with van der Waals surface area (Å²) in [7, 11) is 0. The van der Waals surface area contributed by atoms with Gasteiger partial charge in [-0.05, 0) is 27.8 Å². The van der Waals surface area contributed by atoms with Gasteiger partial charge >= 0.3 is 0 Å². The SMILES string of the molecule is Ic1cnnnc1. The van der Waals surface area contributed by atoms with Crippen LogP contribution in [0, 0.1) is 3.57 Å². The molecule has 0 saturated carbocycles. The molecule has 1 rings (SSSR count). The Balaban J connectivity index is 3.02. The summed E-state index contributed by atoms with van der Waals surface area (Å²) in [5, 5.41) is 10.4. The van der Waals surface area contributed by atoms with Gasteiger partial charge in [0.2, 0.25) is 0 Å². The minimum atomic E-state index is 1.01. The molecular weight excluding hydrogens is 205 g/mol. The molecule has 1 aromatic heterocycles. The lowest BCUT2D eigenvalue weighted by molar-refractivity contribution is 0.857. The van der Waals surface area contributed by atoms with Crippen molar-refractivity contribution in [1.82, 2.24) is 15.4 Å². The summed E-state index contributed by atoms with van der Waals surface area (Å²) in [6, 6.07) is 0.